The summed E-state index contributed by atoms with van der Waals surface area (Å²) in [5.41, 5.74) is 5.21. The first-order valence-corrected chi connectivity index (χ1v) is 12.6. The summed E-state index contributed by atoms with van der Waals surface area (Å²) in [5, 5.41) is 0.173. The van der Waals surface area contributed by atoms with Crippen LogP contribution in [-0.2, 0) is 4.43 Å². The minimum Gasteiger partial charge on any atom is -0.461 e. The lowest BCUT2D eigenvalue weighted by molar-refractivity contribution is 0.112. The highest BCUT2D eigenvalue weighted by atomic mass is 28.4. The van der Waals surface area contributed by atoms with E-state index in [-0.39, 0.29) is 5.04 Å². The van der Waals surface area contributed by atoms with Crippen LogP contribution in [0.5, 0.6) is 6.01 Å². The molecule has 0 radical (unpaired) electrons. The van der Waals surface area contributed by atoms with Crippen molar-refractivity contribution in [1.82, 2.24) is 9.97 Å². The van der Waals surface area contributed by atoms with Gasteiger partial charge >= 0.3 is 6.01 Å². The zero-order valence-corrected chi connectivity index (χ0v) is 19.3. The van der Waals surface area contributed by atoms with E-state index in [1.54, 1.807) is 0 Å². The van der Waals surface area contributed by atoms with Gasteiger partial charge in [-0.2, -0.15) is 9.97 Å². The van der Waals surface area contributed by atoms with Gasteiger partial charge in [0, 0.05) is 11.1 Å². The van der Waals surface area contributed by atoms with Gasteiger partial charge in [-0.1, -0.05) is 39.0 Å². The van der Waals surface area contributed by atoms with Crippen molar-refractivity contribution in [2.45, 2.75) is 59.7 Å². The van der Waals surface area contributed by atoms with Crippen LogP contribution in [0.25, 0.3) is 11.1 Å². The third-order valence-electron chi connectivity index (χ3n) is 5.61. The molecule has 0 fully saturated rings. The summed E-state index contributed by atoms with van der Waals surface area (Å²) in [4.78, 5) is 20.3. The Morgan fingerprint density at radius 1 is 1.04 bits per heavy atom. The van der Waals surface area contributed by atoms with Crippen molar-refractivity contribution in [3.05, 3.63) is 40.7 Å². The molecule has 0 bridgehead atoms. The van der Waals surface area contributed by atoms with Crippen molar-refractivity contribution < 1.29 is 14.0 Å². The van der Waals surface area contributed by atoms with Crippen molar-refractivity contribution in [2.24, 2.45) is 0 Å². The first-order valence-electron chi connectivity index (χ1n) is 9.65. The van der Waals surface area contributed by atoms with E-state index < -0.39 is 8.32 Å². The number of aryl methyl sites for hydroxylation is 2. The molecule has 2 aromatic rings. The largest absolute Gasteiger partial charge is 0.461 e. The maximum atomic E-state index is 11.3. The topological polar surface area (TPSA) is 61.3 Å². The fourth-order valence-corrected chi connectivity index (χ4v) is 3.86. The predicted octanol–water partition coefficient (Wildman–Crippen LogP) is 5.28. The summed E-state index contributed by atoms with van der Waals surface area (Å²) in [6, 6.07) is 6.06. The van der Waals surface area contributed by atoms with E-state index in [1.165, 1.54) is 0 Å². The Balaban J connectivity index is 2.14. The highest BCUT2D eigenvalue weighted by Gasteiger charge is 2.36. The normalized spacial score (nSPS) is 12.1. The molecular formula is C22H32N2O3Si. The van der Waals surface area contributed by atoms with Crippen molar-refractivity contribution in [3.8, 4) is 17.1 Å². The van der Waals surface area contributed by atoms with Gasteiger partial charge in [0.15, 0.2) is 8.32 Å². The zero-order valence-electron chi connectivity index (χ0n) is 18.3. The molecular weight excluding hydrogens is 368 g/mol. The minimum atomic E-state index is -1.78. The third-order valence-corrected chi connectivity index (χ3v) is 10.1. The number of benzene rings is 1. The lowest BCUT2D eigenvalue weighted by Crippen LogP contribution is -2.41. The van der Waals surface area contributed by atoms with Gasteiger partial charge in [-0.15, -0.1) is 0 Å². The molecule has 5 nitrogen and oxygen atoms in total. The second kappa shape index (κ2) is 8.53. The smallest absolute Gasteiger partial charge is 0.316 e. The number of rotatable bonds is 7. The number of carbonyl (C=O) groups excluding carboxylic acids is 1. The molecule has 2 rings (SSSR count). The Morgan fingerprint density at radius 2 is 1.64 bits per heavy atom. The van der Waals surface area contributed by atoms with E-state index in [4.69, 9.17) is 9.16 Å². The molecule has 1 heterocycles. The molecule has 0 spiro atoms. The van der Waals surface area contributed by atoms with Gasteiger partial charge in [-0.05, 0) is 50.0 Å². The van der Waals surface area contributed by atoms with Gasteiger partial charge in [0.1, 0.15) is 12.9 Å². The van der Waals surface area contributed by atoms with E-state index in [0.717, 1.165) is 34.4 Å². The first kappa shape index (κ1) is 22.2. The lowest BCUT2D eigenvalue weighted by Gasteiger charge is -2.36. The monoisotopic (exact) mass is 400 g/mol. The molecule has 1 aromatic carbocycles. The molecule has 0 N–H and O–H groups in total. The number of carbonyl (C=O) groups is 1. The summed E-state index contributed by atoms with van der Waals surface area (Å²) in [7, 11) is -1.78. The number of nitrogens with zero attached hydrogens (tertiary/aromatic N) is 2. The van der Waals surface area contributed by atoms with Crippen molar-refractivity contribution in [2.75, 3.05) is 13.2 Å². The van der Waals surface area contributed by atoms with Crippen LogP contribution in [0.4, 0.5) is 0 Å². The highest BCUT2D eigenvalue weighted by molar-refractivity contribution is 6.74. The van der Waals surface area contributed by atoms with Gasteiger partial charge in [0.2, 0.25) is 0 Å². The SMILES string of the molecule is Cc1nc(OCCO[Si](C)(C)C(C)(C)C)nc(C)c1-c1cccc(C=O)c1C. The van der Waals surface area contributed by atoms with E-state index in [9.17, 15) is 4.79 Å². The van der Waals surface area contributed by atoms with E-state index in [2.05, 4.69) is 43.8 Å². The van der Waals surface area contributed by atoms with Crippen LogP contribution in [0.3, 0.4) is 0 Å². The van der Waals surface area contributed by atoms with Crippen LogP contribution in [0.2, 0.25) is 18.1 Å². The summed E-state index contributed by atoms with van der Waals surface area (Å²) in [5.74, 6) is 0. The highest BCUT2D eigenvalue weighted by Crippen LogP contribution is 2.36. The summed E-state index contributed by atoms with van der Waals surface area (Å²) < 4.78 is 11.9. The number of hydrogen-bond donors (Lipinski definition) is 0. The molecule has 28 heavy (non-hydrogen) atoms. The molecule has 0 unspecified atom stereocenters. The minimum absolute atomic E-state index is 0.173. The lowest BCUT2D eigenvalue weighted by atomic mass is 9.95. The standard InChI is InChI=1S/C22H32N2O3Si/c1-15-18(14-25)10-9-11-19(15)20-16(2)23-21(24-17(20)3)26-12-13-27-28(7,8)22(4,5)6/h9-11,14H,12-13H2,1-8H3. The maximum absolute atomic E-state index is 11.3. The fourth-order valence-electron chi connectivity index (χ4n) is 2.84. The maximum Gasteiger partial charge on any atom is 0.316 e. The number of ether oxygens (including phenoxy) is 1. The van der Waals surface area contributed by atoms with Gasteiger partial charge < -0.3 is 9.16 Å². The molecule has 0 saturated carbocycles. The van der Waals surface area contributed by atoms with Crippen LogP contribution < -0.4 is 4.74 Å². The van der Waals surface area contributed by atoms with E-state index >= 15 is 0 Å². The van der Waals surface area contributed by atoms with E-state index in [1.807, 2.05) is 39.0 Å². The van der Waals surface area contributed by atoms with Gasteiger partial charge in [-0.3, -0.25) is 4.79 Å². The molecule has 0 atom stereocenters. The second-order valence-electron chi connectivity index (χ2n) is 8.65. The Labute approximate surface area is 169 Å². The van der Waals surface area contributed by atoms with Crippen LogP contribution in [-0.4, -0.2) is 37.8 Å². The number of hydrogen-bond acceptors (Lipinski definition) is 5. The Morgan fingerprint density at radius 3 is 2.18 bits per heavy atom. The number of aldehydes is 1. The molecule has 0 saturated heterocycles. The average Bonchev–Trinajstić information content (AvgIpc) is 2.58. The van der Waals surface area contributed by atoms with Crippen LogP contribution in [0.1, 0.15) is 48.1 Å². The van der Waals surface area contributed by atoms with Gasteiger partial charge in [0.25, 0.3) is 0 Å². The fraction of sp³-hybridized carbons (Fsp3) is 0.500. The van der Waals surface area contributed by atoms with E-state index in [0.29, 0.717) is 24.8 Å². The van der Waals surface area contributed by atoms with Crippen molar-refractivity contribution in [3.63, 3.8) is 0 Å². The molecule has 0 amide bonds. The first-order chi connectivity index (χ1) is 13.0. The Kier molecular flexibility index (Phi) is 6.78. The third kappa shape index (κ3) is 4.86. The summed E-state index contributed by atoms with van der Waals surface area (Å²) in [6.07, 6.45) is 0.879. The predicted molar refractivity (Wildman–Crippen MR) is 116 cm³/mol. The Hall–Kier alpha value is -2.05. The molecule has 0 aliphatic carbocycles. The zero-order chi connectivity index (χ0) is 21.1. The van der Waals surface area contributed by atoms with Crippen molar-refractivity contribution in [1.29, 1.82) is 0 Å². The molecule has 1 aromatic heterocycles. The molecule has 0 aliphatic heterocycles. The van der Waals surface area contributed by atoms with Crippen molar-refractivity contribution >= 4 is 14.6 Å². The average molecular weight is 401 g/mol. The van der Waals surface area contributed by atoms with Crippen LogP contribution >= 0.6 is 0 Å². The van der Waals surface area contributed by atoms with Gasteiger partial charge in [-0.25, -0.2) is 0 Å². The number of aromatic nitrogens is 2. The Bertz CT molecular complexity index is 834. The van der Waals surface area contributed by atoms with Gasteiger partial charge in [0.05, 0.1) is 18.0 Å². The quantitative estimate of drug-likeness (QED) is 0.359. The van der Waals surface area contributed by atoms with Crippen LogP contribution in [0, 0.1) is 20.8 Å². The molecule has 6 heteroatoms. The summed E-state index contributed by atoms with van der Waals surface area (Å²) >= 11 is 0. The molecule has 152 valence electrons. The second-order valence-corrected chi connectivity index (χ2v) is 13.5. The molecule has 0 aliphatic rings. The van der Waals surface area contributed by atoms with Crippen LogP contribution in [0.15, 0.2) is 18.2 Å². The summed E-state index contributed by atoms with van der Waals surface area (Å²) in [6.45, 7) is 17.9.